The maximum absolute atomic E-state index is 5.77. The highest BCUT2D eigenvalue weighted by Crippen LogP contribution is 2.29. The van der Waals surface area contributed by atoms with Crippen molar-refractivity contribution in [3.63, 3.8) is 0 Å². The Balaban J connectivity index is 2.62. The molecule has 2 aromatic carbocycles. The van der Waals surface area contributed by atoms with Crippen molar-refractivity contribution in [1.82, 2.24) is 0 Å². The molecule has 0 atom stereocenters. The lowest BCUT2D eigenvalue weighted by atomic mass is 9.91. The molecule has 0 aliphatic rings. The maximum atomic E-state index is 5.77. The summed E-state index contributed by atoms with van der Waals surface area (Å²) in [6, 6.07) is 13.4. The second kappa shape index (κ2) is 6.03. The lowest BCUT2D eigenvalue weighted by Gasteiger charge is -2.14. The molecule has 0 amide bonds. The number of nitrogens with two attached hydrogens (primary N) is 1. The largest absolute Gasteiger partial charge is 0.326 e. The van der Waals surface area contributed by atoms with Crippen molar-refractivity contribution in [1.29, 1.82) is 0 Å². The lowest BCUT2D eigenvalue weighted by Crippen LogP contribution is -1.98. The average Bonchev–Trinajstić information content (AvgIpc) is 2.47. The SMILES string of the molecule is CCc1ccc(CC)c(-c2cc(CN)ccc2C)c1. The van der Waals surface area contributed by atoms with Crippen LogP contribution in [0.4, 0.5) is 0 Å². The number of hydrogen-bond donors (Lipinski definition) is 1. The highest BCUT2D eigenvalue weighted by atomic mass is 14.5. The van der Waals surface area contributed by atoms with Crippen molar-refractivity contribution in [2.24, 2.45) is 5.73 Å². The lowest BCUT2D eigenvalue weighted by molar-refractivity contribution is 1.07. The van der Waals surface area contributed by atoms with Gasteiger partial charge >= 0.3 is 0 Å². The molecule has 2 N–H and O–H groups in total. The van der Waals surface area contributed by atoms with Crippen molar-refractivity contribution in [3.05, 3.63) is 58.7 Å². The van der Waals surface area contributed by atoms with Crippen LogP contribution in [0.2, 0.25) is 0 Å². The van der Waals surface area contributed by atoms with Crippen LogP contribution in [-0.2, 0) is 19.4 Å². The van der Waals surface area contributed by atoms with Crippen LogP contribution in [0.3, 0.4) is 0 Å². The molecule has 0 radical (unpaired) electrons. The van der Waals surface area contributed by atoms with E-state index < -0.39 is 0 Å². The van der Waals surface area contributed by atoms with E-state index in [-0.39, 0.29) is 0 Å². The quantitative estimate of drug-likeness (QED) is 0.866. The minimum Gasteiger partial charge on any atom is -0.326 e. The predicted octanol–water partition coefficient (Wildman–Crippen LogP) is 4.25. The van der Waals surface area contributed by atoms with Crippen LogP contribution in [0, 0.1) is 6.92 Å². The van der Waals surface area contributed by atoms with Gasteiger partial charge in [0, 0.05) is 6.54 Å². The van der Waals surface area contributed by atoms with Crippen molar-refractivity contribution in [2.75, 3.05) is 0 Å². The second-order valence-electron chi connectivity index (χ2n) is 5.05. The molecule has 0 aliphatic heterocycles. The molecule has 1 heteroatoms. The Morgan fingerprint density at radius 2 is 1.53 bits per heavy atom. The average molecular weight is 253 g/mol. The molecule has 0 bridgehead atoms. The fraction of sp³-hybridized carbons (Fsp3) is 0.333. The molecule has 2 rings (SSSR count). The number of hydrogen-bond acceptors (Lipinski definition) is 1. The van der Waals surface area contributed by atoms with E-state index in [9.17, 15) is 0 Å². The third-order valence-corrected chi connectivity index (χ3v) is 3.79. The van der Waals surface area contributed by atoms with Crippen LogP contribution >= 0.6 is 0 Å². The summed E-state index contributed by atoms with van der Waals surface area (Å²) in [4.78, 5) is 0. The molecule has 0 unspecified atom stereocenters. The summed E-state index contributed by atoms with van der Waals surface area (Å²) in [6.07, 6.45) is 2.14. The van der Waals surface area contributed by atoms with E-state index in [2.05, 4.69) is 57.2 Å². The van der Waals surface area contributed by atoms with E-state index in [0.29, 0.717) is 6.54 Å². The third kappa shape index (κ3) is 2.87. The zero-order chi connectivity index (χ0) is 13.8. The van der Waals surface area contributed by atoms with Gasteiger partial charge in [0.05, 0.1) is 0 Å². The van der Waals surface area contributed by atoms with Crippen LogP contribution < -0.4 is 5.73 Å². The van der Waals surface area contributed by atoms with Gasteiger partial charge < -0.3 is 5.73 Å². The Bertz CT molecular complexity index is 570. The summed E-state index contributed by atoms with van der Waals surface area (Å²) in [6.45, 7) is 7.19. The van der Waals surface area contributed by atoms with Gasteiger partial charge in [-0.3, -0.25) is 0 Å². The Morgan fingerprint density at radius 3 is 2.16 bits per heavy atom. The molecule has 2 aromatic rings. The molecule has 0 heterocycles. The normalized spacial score (nSPS) is 10.7. The van der Waals surface area contributed by atoms with E-state index in [1.807, 2.05) is 0 Å². The van der Waals surface area contributed by atoms with Crippen LogP contribution in [-0.4, -0.2) is 0 Å². The summed E-state index contributed by atoms with van der Waals surface area (Å²) in [7, 11) is 0. The zero-order valence-corrected chi connectivity index (χ0v) is 12.2. The Hall–Kier alpha value is -1.60. The minimum absolute atomic E-state index is 0.599. The standard InChI is InChI=1S/C18H23N/c1-4-14-8-9-16(5-2)18(10-14)17-11-15(12-19)7-6-13(17)3/h6-11H,4-5,12,19H2,1-3H3. The molecule has 1 nitrogen and oxygen atoms in total. The van der Waals surface area contributed by atoms with Gasteiger partial charge in [-0.15, -0.1) is 0 Å². The molecule has 100 valence electrons. The van der Waals surface area contributed by atoms with Crippen molar-refractivity contribution in [2.45, 2.75) is 40.2 Å². The molecule has 0 aromatic heterocycles. The highest BCUT2D eigenvalue weighted by molar-refractivity contribution is 5.72. The van der Waals surface area contributed by atoms with Gasteiger partial charge in [-0.2, -0.15) is 0 Å². The molecule has 19 heavy (non-hydrogen) atoms. The van der Waals surface area contributed by atoms with Gasteiger partial charge in [0.15, 0.2) is 0 Å². The van der Waals surface area contributed by atoms with Crippen LogP contribution in [0.1, 0.15) is 36.1 Å². The van der Waals surface area contributed by atoms with Crippen molar-refractivity contribution >= 4 is 0 Å². The summed E-state index contributed by atoms with van der Waals surface area (Å²) in [5, 5.41) is 0. The second-order valence-corrected chi connectivity index (χ2v) is 5.05. The first kappa shape index (κ1) is 13.8. The Labute approximate surface area is 116 Å². The summed E-state index contributed by atoms with van der Waals surface area (Å²) in [5.74, 6) is 0. The first-order chi connectivity index (χ1) is 9.19. The monoisotopic (exact) mass is 253 g/mol. The van der Waals surface area contributed by atoms with E-state index >= 15 is 0 Å². The number of rotatable bonds is 4. The topological polar surface area (TPSA) is 26.0 Å². The molecule has 0 fully saturated rings. The Morgan fingerprint density at radius 1 is 0.842 bits per heavy atom. The van der Waals surface area contributed by atoms with E-state index in [0.717, 1.165) is 12.8 Å². The van der Waals surface area contributed by atoms with E-state index in [1.54, 1.807) is 0 Å². The van der Waals surface area contributed by atoms with Gasteiger partial charge in [-0.05, 0) is 59.2 Å². The first-order valence-corrected chi connectivity index (χ1v) is 7.11. The first-order valence-electron chi connectivity index (χ1n) is 7.11. The van der Waals surface area contributed by atoms with Crippen LogP contribution in [0.15, 0.2) is 36.4 Å². The number of aryl methyl sites for hydroxylation is 3. The molecular weight excluding hydrogens is 230 g/mol. The van der Waals surface area contributed by atoms with E-state index in [1.165, 1.54) is 33.4 Å². The van der Waals surface area contributed by atoms with E-state index in [4.69, 9.17) is 5.73 Å². The molecular formula is C18H23N. The molecule has 0 spiro atoms. The van der Waals surface area contributed by atoms with Crippen LogP contribution in [0.25, 0.3) is 11.1 Å². The summed E-state index contributed by atoms with van der Waals surface area (Å²) >= 11 is 0. The molecule has 0 saturated heterocycles. The van der Waals surface area contributed by atoms with Crippen molar-refractivity contribution in [3.8, 4) is 11.1 Å². The molecule has 0 saturated carbocycles. The molecule has 0 aliphatic carbocycles. The van der Waals surface area contributed by atoms with Gasteiger partial charge in [0.2, 0.25) is 0 Å². The Kier molecular flexibility index (Phi) is 4.39. The van der Waals surface area contributed by atoms with Crippen molar-refractivity contribution < 1.29 is 0 Å². The van der Waals surface area contributed by atoms with Crippen LogP contribution in [0.5, 0.6) is 0 Å². The van der Waals surface area contributed by atoms with Gasteiger partial charge in [-0.25, -0.2) is 0 Å². The fourth-order valence-electron chi connectivity index (χ4n) is 2.49. The minimum atomic E-state index is 0.599. The van der Waals surface area contributed by atoms with Gasteiger partial charge in [0.25, 0.3) is 0 Å². The maximum Gasteiger partial charge on any atom is 0.0178 e. The van der Waals surface area contributed by atoms with Gasteiger partial charge in [0.1, 0.15) is 0 Å². The third-order valence-electron chi connectivity index (χ3n) is 3.79. The predicted molar refractivity (Wildman–Crippen MR) is 83.3 cm³/mol. The highest BCUT2D eigenvalue weighted by Gasteiger charge is 2.08. The summed E-state index contributed by atoms with van der Waals surface area (Å²) in [5.41, 5.74) is 13.8. The smallest absolute Gasteiger partial charge is 0.0178 e. The summed E-state index contributed by atoms with van der Waals surface area (Å²) < 4.78 is 0. The number of benzene rings is 2. The zero-order valence-electron chi connectivity index (χ0n) is 12.2. The fourth-order valence-corrected chi connectivity index (χ4v) is 2.49. The van der Waals surface area contributed by atoms with Gasteiger partial charge in [-0.1, -0.05) is 44.2 Å².